The van der Waals surface area contributed by atoms with Crippen molar-refractivity contribution in [1.82, 2.24) is 4.98 Å². The van der Waals surface area contributed by atoms with Crippen molar-refractivity contribution >= 4 is 15.9 Å². The van der Waals surface area contributed by atoms with E-state index in [4.69, 9.17) is 4.74 Å². The molecule has 0 N–H and O–H groups in total. The van der Waals surface area contributed by atoms with Gasteiger partial charge in [0.15, 0.2) is 0 Å². The zero-order chi connectivity index (χ0) is 10.5. The first kappa shape index (κ1) is 10.2. The molecule has 1 aromatic carbocycles. The Balaban J connectivity index is 2.03. The molecule has 0 atom stereocenters. The number of aromatic nitrogens is 1. The summed E-state index contributed by atoms with van der Waals surface area (Å²) in [4.78, 5) is 3.95. The number of hydrogen-bond donors (Lipinski definition) is 0. The number of halogens is 1. The maximum absolute atomic E-state index is 5.65. The van der Waals surface area contributed by atoms with Crippen LogP contribution in [0.25, 0.3) is 0 Å². The molecule has 0 radical (unpaired) electrons. The lowest BCUT2D eigenvalue weighted by molar-refractivity contribution is 0.304. The van der Waals surface area contributed by atoms with E-state index in [0.29, 0.717) is 6.61 Å². The lowest BCUT2D eigenvalue weighted by atomic mass is 10.3. The standard InChI is InChI=1S/C12H10BrNO/c13-11-3-1-2-4-12(11)15-9-10-5-7-14-8-6-10/h1-8H,9H2. The van der Waals surface area contributed by atoms with Gasteiger partial charge in [0.2, 0.25) is 0 Å². The minimum absolute atomic E-state index is 0.561. The zero-order valence-corrected chi connectivity index (χ0v) is 9.65. The normalized spacial score (nSPS) is 9.93. The fourth-order valence-electron chi connectivity index (χ4n) is 1.20. The summed E-state index contributed by atoms with van der Waals surface area (Å²) in [6.45, 7) is 0.561. The minimum Gasteiger partial charge on any atom is -0.488 e. The minimum atomic E-state index is 0.561. The Morgan fingerprint density at radius 3 is 2.53 bits per heavy atom. The van der Waals surface area contributed by atoms with Crippen molar-refractivity contribution in [3.05, 3.63) is 58.8 Å². The van der Waals surface area contributed by atoms with E-state index in [0.717, 1.165) is 15.8 Å². The van der Waals surface area contributed by atoms with Gasteiger partial charge in [-0.25, -0.2) is 0 Å². The maximum atomic E-state index is 5.65. The van der Waals surface area contributed by atoms with Crippen LogP contribution in [0.15, 0.2) is 53.3 Å². The van der Waals surface area contributed by atoms with Gasteiger partial charge in [0.05, 0.1) is 4.47 Å². The van der Waals surface area contributed by atoms with Crippen LogP contribution in [0.3, 0.4) is 0 Å². The van der Waals surface area contributed by atoms with Gasteiger partial charge in [0.1, 0.15) is 12.4 Å². The van der Waals surface area contributed by atoms with E-state index in [9.17, 15) is 0 Å². The summed E-state index contributed by atoms with van der Waals surface area (Å²) >= 11 is 3.43. The summed E-state index contributed by atoms with van der Waals surface area (Å²) < 4.78 is 6.62. The van der Waals surface area contributed by atoms with Gasteiger partial charge in [0.25, 0.3) is 0 Å². The summed E-state index contributed by atoms with van der Waals surface area (Å²) in [5, 5.41) is 0. The first-order valence-corrected chi connectivity index (χ1v) is 5.42. The topological polar surface area (TPSA) is 22.1 Å². The second-order valence-corrected chi connectivity index (χ2v) is 3.93. The van der Waals surface area contributed by atoms with Crippen LogP contribution < -0.4 is 4.74 Å². The first-order valence-electron chi connectivity index (χ1n) is 4.62. The van der Waals surface area contributed by atoms with Gasteiger partial charge in [-0.1, -0.05) is 12.1 Å². The Morgan fingerprint density at radius 1 is 1.07 bits per heavy atom. The quantitative estimate of drug-likeness (QED) is 0.847. The van der Waals surface area contributed by atoms with Crippen LogP contribution in [0.4, 0.5) is 0 Å². The van der Waals surface area contributed by atoms with Crippen LogP contribution in [-0.2, 0) is 6.61 Å². The van der Waals surface area contributed by atoms with E-state index in [-0.39, 0.29) is 0 Å². The maximum Gasteiger partial charge on any atom is 0.133 e. The van der Waals surface area contributed by atoms with Gasteiger partial charge in [-0.05, 0) is 45.8 Å². The Bertz CT molecular complexity index is 431. The van der Waals surface area contributed by atoms with Crippen molar-refractivity contribution in [3.8, 4) is 5.75 Å². The Morgan fingerprint density at radius 2 is 1.80 bits per heavy atom. The Kier molecular flexibility index (Phi) is 3.35. The van der Waals surface area contributed by atoms with E-state index in [1.54, 1.807) is 12.4 Å². The molecule has 0 bridgehead atoms. The monoisotopic (exact) mass is 263 g/mol. The predicted octanol–water partition coefficient (Wildman–Crippen LogP) is 3.42. The van der Waals surface area contributed by atoms with E-state index in [2.05, 4.69) is 20.9 Å². The number of para-hydroxylation sites is 1. The highest BCUT2D eigenvalue weighted by molar-refractivity contribution is 9.10. The number of hydrogen-bond acceptors (Lipinski definition) is 2. The van der Waals surface area contributed by atoms with Crippen LogP contribution in [-0.4, -0.2) is 4.98 Å². The molecule has 0 saturated heterocycles. The molecular weight excluding hydrogens is 254 g/mol. The van der Waals surface area contributed by atoms with Gasteiger partial charge in [0, 0.05) is 12.4 Å². The summed E-state index contributed by atoms with van der Waals surface area (Å²) in [5.41, 5.74) is 1.11. The van der Waals surface area contributed by atoms with Crippen LogP contribution in [0.2, 0.25) is 0 Å². The molecule has 2 nitrogen and oxygen atoms in total. The molecular formula is C12H10BrNO. The van der Waals surface area contributed by atoms with E-state index in [1.807, 2.05) is 36.4 Å². The molecule has 15 heavy (non-hydrogen) atoms. The lowest BCUT2D eigenvalue weighted by Gasteiger charge is -2.07. The van der Waals surface area contributed by atoms with Crippen molar-refractivity contribution in [1.29, 1.82) is 0 Å². The van der Waals surface area contributed by atoms with Crippen molar-refractivity contribution in [2.24, 2.45) is 0 Å². The summed E-state index contributed by atoms with van der Waals surface area (Å²) in [6.07, 6.45) is 3.53. The average molecular weight is 264 g/mol. The van der Waals surface area contributed by atoms with E-state index in [1.165, 1.54) is 0 Å². The van der Waals surface area contributed by atoms with Crippen molar-refractivity contribution < 1.29 is 4.74 Å². The molecule has 0 aliphatic heterocycles. The van der Waals surface area contributed by atoms with E-state index >= 15 is 0 Å². The third kappa shape index (κ3) is 2.80. The largest absolute Gasteiger partial charge is 0.488 e. The van der Waals surface area contributed by atoms with Gasteiger partial charge in [-0.3, -0.25) is 4.98 Å². The fraction of sp³-hybridized carbons (Fsp3) is 0.0833. The molecule has 0 aliphatic carbocycles. The number of rotatable bonds is 3. The second kappa shape index (κ2) is 4.94. The molecule has 2 rings (SSSR count). The smallest absolute Gasteiger partial charge is 0.133 e. The van der Waals surface area contributed by atoms with Crippen LogP contribution in [0, 0.1) is 0 Å². The molecule has 3 heteroatoms. The molecule has 1 aromatic heterocycles. The van der Waals surface area contributed by atoms with Crippen LogP contribution in [0.1, 0.15) is 5.56 Å². The van der Waals surface area contributed by atoms with Gasteiger partial charge in [-0.2, -0.15) is 0 Å². The van der Waals surface area contributed by atoms with Crippen molar-refractivity contribution in [2.75, 3.05) is 0 Å². The van der Waals surface area contributed by atoms with Gasteiger partial charge >= 0.3 is 0 Å². The molecule has 1 heterocycles. The van der Waals surface area contributed by atoms with E-state index < -0.39 is 0 Å². The van der Waals surface area contributed by atoms with Crippen molar-refractivity contribution in [2.45, 2.75) is 6.61 Å². The second-order valence-electron chi connectivity index (χ2n) is 3.07. The number of nitrogens with zero attached hydrogens (tertiary/aromatic N) is 1. The molecule has 0 unspecified atom stereocenters. The summed E-state index contributed by atoms with van der Waals surface area (Å²) in [6, 6.07) is 11.7. The molecule has 0 spiro atoms. The highest BCUT2D eigenvalue weighted by Gasteiger charge is 1.99. The molecule has 0 fully saturated rings. The molecule has 2 aromatic rings. The SMILES string of the molecule is Brc1ccccc1OCc1ccncc1. The average Bonchev–Trinajstić information content (AvgIpc) is 2.29. The van der Waals surface area contributed by atoms with Gasteiger partial charge in [-0.15, -0.1) is 0 Å². The Labute approximate surface area is 97.1 Å². The summed E-state index contributed by atoms with van der Waals surface area (Å²) in [5.74, 6) is 0.856. The lowest BCUT2D eigenvalue weighted by Crippen LogP contribution is -1.95. The van der Waals surface area contributed by atoms with Gasteiger partial charge < -0.3 is 4.74 Å². The third-order valence-corrected chi connectivity index (χ3v) is 2.64. The third-order valence-electron chi connectivity index (χ3n) is 1.98. The first-order chi connectivity index (χ1) is 7.36. The molecule has 0 saturated carbocycles. The zero-order valence-electron chi connectivity index (χ0n) is 8.06. The van der Waals surface area contributed by atoms with Crippen LogP contribution in [0.5, 0.6) is 5.75 Å². The highest BCUT2D eigenvalue weighted by Crippen LogP contribution is 2.24. The highest BCUT2D eigenvalue weighted by atomic mass is 79.9. The Hall–Kier alpha value is -1.35. The number of pyridine rings is 1. The van der Waals surface area contributed by atoms with Crippen molar-refractivity contribution in [3.63, 3.8) is 0 Å². The van der Waals surface area contributed by atoms with Crippen LogP contribution >= 0.6 is 15.9 Å². The molecule has 0 amide bonds. The predicted molar refractivity (Wildman–Crippen MR) is 62.7 cm³/mol. The number of ether oxygens (including phenoxy) is 1. The number of benzene rings is 1. The fourth-order valence-corrected chi connectivity index (χ4v) is 1.60. The molecule has 76 valence electrons. The molecule has 0 aliphatic rings. The summed E-state index contributed by atoms with van der Waals surface area (Å²) in [7, 11) is 0.